The fourth-order valence-corrected chi connectivity index (χ4v) is 2.18. The number of rotatable bonds is 7. The fourth-order valence-electron chi connectivity index (χ4n) is 2.18. The Kier molecular flexibility index (Phi) is 5.42. The molecule has 0 amide bonds. The third-order valence-electron chi connectivity index (χ3n) is 3.75. The molecule has 102 valence electrons. The largest absolute Gasteiger partial charge is 0.383 e. The molecule has 0 aliphatic heterocycles. The third-order valence-corrected chi connectivity index (χ3v) is 3.75. The van der Waals surface area contributed by atoms with Crippen molar-refractivity contribution in [2.24, 2.45) is 5.92 Å². The second-order valence-electron chi connectivity index (χ2n) is 6.48. The zero-order chi connectivity index (χ0) is 13.1. The molecule has 0 spiro atoms. The van der Waals surface area contributed by atoms with Gasteiger partial charge in [-0.15, -0.1) is 0 Å². The van der Waals surface area contributed by atoms with Gasteiger partial charge in [0.1, 0.15) is 0 Å². The van der Waals surface area contributed by atoms with Crippen LogP contribution in [0.1, 0.15) is 40.5 Å². The van der Waals surface area contributed by atoms with E-state index in [1.54, 1.807) is 7.11 Å². The van der Waals surface area contributed by atoms with Crippen LogP contribution in [0.3, 0.4) is 0 Å². The summed E-state index contributed by atoms with van der Waals surface area (Å²) in [6, 6.07) is 1.15. The molecule has 0 aromatic carbocycles. The van der Waals surface area contributed by atoms with Crippen molar-refractivity contribution >= 4 is 0 Å². The third kappa shape index (κ3) is 5.36. The molecular weight excluding hydrogens is 212 g/mol. The highest BCUT2D eigenvalue weighted by Crippen LogP contribution is 2.35. The maximum atomic E-state index is 5.36. The SMILES string of the molecule is COCC(CNC(C)(C)C)N(C)C(C)C1CC1. The van der Waals surface area contributed by atoms with Crippen LogP contribution in [0.4, 0.5) is 0 Å². The van der Waals surface area contributed by atoms with Crippen molar-refractivity contribution in [1.82, 2.24) is 10.2 Å². The Hall–Kier alpha value is -0.120. The van der Waals surface area contributed by atoms with Gasteiger partial charge in [0.05, 0.1) is 6.61 Å². The first kappa shape index (κ1) is 14.9. The van der Waals surface area contributed by atoms with E-state index in [4.69, 9.17) is 4.74 Å². The van der Waals surface area contributed by atoms with Crippen molar-refractivity contribution in [3.05, 3.63) is 0 Å². The summed E-state index contributed by atoms with van der Waals surface area (Å²) < 4.78 is 5.36. The number of likely N-dealkylation sites (N-methyl/N-ethyl adjacent to an activating group) is 1. The van der Waals surface area contributed by atoms with Crippen LogP contribution >= 0.6 is 0 Å². The van der Waals surface area contributed by atoms with Crippen molar-refractivity contribution in [1.29, 1.82) is 0 Å². The molecule has 1 aliphatic rings. The first-order chi connectivity index (χ1) is 7.85. The Labute approximate surface area is 107 Å². The highest BCUT2D eigenvalue weighted by molar-refractivity contribution is 4.88. The Morgan fingerprint density at radius 3 is 2.35 bits per heavy atom. The number of methoxy groups -OCH3 is 1. The van der Waals surface area contributed by atoms with Crippen LogP contribution in [-0.4, -0.2) is 49.8 Å². The van der Waals surface area contributed by atoms with Gasteiger partial charge < -0.3 is 10.1 Å². The molecule has 0 radical (unpaired) electrons. The predicted octanol–water partition coefficient (Wildman–Crippen LogP) is 2.12. The van der Waals surface area contributed by atoms with E-state index in [0.717, 1.165) is 19.1 Å². The maximum absolute atomic E-state index is 5.36. The van der Waals surface area contributed by atoms with Crippen LogP contribution in [0.25, 0.3) is 0 Å². The van der Waals surface area contributed by atoms with Crippen LogP contribution in [0.5, 0.6) is 0 Å². The molecule has 0 aromatic heterocycles. The molecule has 0 saturated heterocycles. The molecule has 3 heteroatoms. The molecule has 17 heavy (non-hydrogen) atoms. The van der Waals surface area contributed by atoms with Crippen molar-refractivity contribution in [2.45, 2.75) is 58.2 Å². The predicted molar refractivity (Wildman–Crippen MR) is 73.4 cm³/mol. The summed E-state index contributed by atoms with van der Waals surface area (Å²) in [5, 5.41) is 3.58. The summed E-state index contributed by atoms with van der Waals surface area (Å²) in [6.45, 7) is 10.8. The lowest BCUT2D eigenvalue weighted by Crippen LogP contribution is -2.51. The first-order valence-corrected chi connectivity index (χ1v) is 6.81. The zero-order valence-electron chi connectivity index (χ0n) is 12.4. The van der Waals surface area contributed by atoms with E-state index in [1.165, 1.54) is 12.8 Å². The second kappa shape index (κ2) is 6.17. The molecule has 0 heterocycles. The lowest BCUT2D eigenvalue weighted by molar-refractivity contribution is 0.0740. The Balaban J connectivity index is 2.45. The summed E-state index contributed by atoms with van der Waals surface area (Å²) in [5.74, 6) is 0.911. The molecule has 0 bridgehead atoms. The summed E-state index contributed by atoms with van der Waals surface area (Å²) in [4.78, 5) is 2.49. The number of hydrogen-bond acceptors (Lipinski definition) is 3. The van der Waals surface area contributed by atoms with E-state index >= 15 is 0 Å². The highest BCUT2D eigenvalue weighted by Gasteiger charge is 2.33. The molecular formula is C14H30N2O. The molecule has 2 atom stereocenters. The molecule has 0 aromatic rings. The molecule has 1 rings (SSSR count). The van der Waals surface area contributed by atoms with E-state index in [2.05, 4.69) is 45.0 Å². The Bertz CT molecular complexity index is 221. The monoisotopic (exact) mass is 242 g/mol. The van der Waals surface area contributed by atoms with E-state index < -0.39 is 0 Å². The van der Waals surface area contributed by atoms with E-state index in [9.17, 15) is 0 Å². The molecule has 1 N–H and O–H groups in total. The van der Waals surface area contributed by atoms with Crippen LogP contribution < -0.4 is 5.32 Å². The minimum atomic E-state index is 0.176. The number of hydrogen-bond donors (Lipinski definition) is 1. The average molecular weight is 242 g/mol. The number of nitrogens with zero attached hydrogens (tertiary/aromatic N) is 1. The van der Waals surface area contributed by atoms with E-state index in [1.807, 2.05) is 0 Å². The molecule has 1 saturated carbocycles. The van der Waals surface area contributed by atoms with Crippen LogP contribution in [0.15, 0.2) is 0 Å². The van der Waals surface area contributed by atoms with Gasteiger partial charge in [0, 0.05) is 31.3 Å². The van der Waals surface area contributed by atoms with Gasteiger partial charge in [0.25, 0.3) is 0 Å². The lowest BCUT2D eigenvalue weighted by Gasteiger charge is -2.35. The van der Waals surface area contributed by atoms with Gasteiger partial charge in [-0.3, -0.25) is 4.90 Å². The van der Waals surface area contributed by atoms with Crippen LogP contribution in [0, 0.1) is 5.92 Å². The second-order valence-corrected chi connectivity index (χ2v) is 6.48. The molecule has 2 unspecified atom stereocenters. The van der Waals surface area contributed by atoms with Crippen molar-refractivity contribution in [3.63, 3.8) is 0 Å². The standard InChI is InChI=1S/C14H30N2O/c1-11(12-7-8-12)16(5)13(10-17-6)9-15-14(2,3)4/h11-13,15H,7-10H2,1-6H3. The van der Waals surface area contributed by atoms with Gasteiger partial charge in [0.2, 0.25) is 0 Å². The van der Waals surface area contributed by atoms with Crippen LogP contribution in [0.2, 0.25) is 0 Å². The normalized spacial score (nSPS) is 20.6. The van der Waals surface area contributed by atoms with Gasteiger partial charge in [-0.1, -0.05) is 0 Å². The number of ether oxygens (including phenoxy) is 1. The Morgan fingerprint density at radius 2 is 1.94 bits per heavy atom. The minimum absolute atomic E-state index is 0.176. The summed E-state index contributed by atoms with van der Waals surface area (Å²) >= 11 is 0. The fraction of sp³-hybridized carbons (Fsp3) is 1.00. The lowest BCUT2D eigenvalue weighted by atomic mass is 10.1. The van der Waals surface area contributed by atoms with E-state index in [0.29, 0.717) is 12.1 Å². The van der Waals surface area contributed by atoms with Crippen molar-refractivity contribution in [3.8, 4) is 0 Å². The minimum Gasteiger partial charge on any atom is -0.383 e. The van der Waals surface area contributed by atoms with Gasteiger partial charge in [-0.2, -0.15) is 0 Å². The smallest absolute Gasteiger partial charge is 0.0630 e. The van der Waals surface area contributed by atoms with Crippen molar-refractivity contribution in [2.75, 3.05) is 27.3 Å². The van der Waals surface area contributed by atoms with Crippen LogP contribution in [-0.2, 0) is 4.74 Å². The molecule has 3 nitrogen and oxygen atoms in total. The van der Waals surface area contributed by atoms with Gasteiger partial charge in [-0.25, -0.2) is 0 Å². The highest BCUT2D eigenvalue weighted by atomic mass is 16.5. The summed E-state index contributed by atoms with van der Waals surface area (Å²) in [6.07, 6.45) is 2.80. The first-order valence-electron chi connectivity index (χ1n) is 6.81. The quantitative estimate of drug-likeness (QED) is 0.740. The molecule has 1 fully saturated rings. The van der Waals surface area contributed by atoms with Gasteiger partial charge in [0.15, 0.2) is 0 Å². The number of nitrogens with one attached hydrogen (secondary N) is 1. The van der Waals surface area contributed by atoms with Crippen molar-refractivity contribution < 1.29 is 4.74 Å². The zero-order valence-corrected chi connectivity index (χ0v) is 12.4. The maximum Gasteiger partial charge on any atom is 0.0630 e. The summed E-state index contributed by atoms with van der Waals surface area (Å²) in [7, 11) is 4.02. The topological polar surface area (TPSA) is 24.5 Å². The van der Waals surface area contributed by atoms with E-state index in [-0.39, 0.29) is 5.54 Å². The average Bonchev–Trinajstić information content (AvgIpc) is 3.04. The summed E-state index contributed by atoms with van der Waals surface area (Å²) in [5.41, 5.74) is 0.176. The Morgan fingerprint density at radius 1 is 1.35 bits per heavy atom. The molecule has 1 aliphatic carbocycles. The van der Waals surface area contributed by atoms with Gasteiger partial charge >= 0.3 is 0 Å². The van der Waals surface area contributed by atoms with Gasteiger partial charge in [-0.05, 0) is 53.5 Å².